The summed E-state index contributed by atoms with van der Waals surface area (Å²) in [5, 5.41) is 2.53. The number of carbonyl (C=O) groups excluding carboxylic acids is 1. The van der Waals surface area contributed by atoms with E-state index in [1.807, 2.05) is 112 Å². The van der Waals surface area contributed by atoms with Crippen molar-refractivity contribution in [1.82, 2.24) is 0 Å². The average Bonchev–Trinajstić information content (AvgIpc) is 2.80. The molecule has 164 valence electrons. The Bertz CT molecular complexity index is 910. The van der Waals surface area contributed by atoms with Crippen LogP contribution in [0, 0.1) is 0 Å². The molecule has 0 saturated heterocycles. The molecule has 2 nitrogen and oxygen atoms in total. The van der Waals surface area contributed by atoms with Crippen molar-refractivity contribution in [2.45, 2.75) is 44.3 Å². The summed E-state index contributed by atoms with van der Waals surface area (Å²) in [7, 11) is 0. The topological polar surface area (TPSA) is 26.3 Å². The molecule has 0 N–H and O–H groups in total. The Kier molecular flexibility index (Phi) is 7.16. The zero-order valence-corrected chi connectivity index (χ0v) is 20.6. The van der Waals surface area contributed by atoms with Gasteiger partial charge in [0.15, 0.2) is 0 Å². The zero-order chi connectivity index (χ0) is 22.6. The molecule has 0 amide bonds. The molecule has 31 heavy (non-hydrogen) atoms. The molecule has 0 saturated carbocycles. The molecule has 3 aromatic rings. The van der Waals surface area contributed by atoms with Crippen LogP contribution in [0.2, 0.25) is 0 Å². The number of alkyl halides is 1. The van der Waals surface area contributed by atoms with Crippen LogP contribution in [0.3, 0.4) is 0 Å². The van der Waals surface area contributed by atoms with Crippen LogP contribution in [-0.4, -0.2) is 16.7 Å². The van der Waals surface area contributed by atoms with Gasteiger partial charge in [-0.05, 0) is 0 Å². The van der Waals surface area contributed by atoms with Crippen molar-refractivity contribution in [3.8, 4) is 0 Å². The van der Waals surface area contributed by atoms with Crippen molar-refractivity contribution < 1.29 is 9.53 Å². The predicted molar refractivity (Wildman–Crippen MR) is 136 cm³/mol. The summed E-state index contributed by atoms with van der Waals surface area (Å²) in [5.41, 5.74) is 0. The second-order valence-corrected chi connectivity index (χ2v) is 15.2. The number of benzene rings is 3. The molecular weight excluding hydrogens is 446 g/mol. The van der Waals surface area contributed by atoms with Crippen molar-refractivity contribution in [3.05, 3.63) is 91.0 Å². The van der Waals surface area contributed by atoms with Gasteiger partial charge >= 0.3 is 196 Å². The molecule has 0 aliphatic heterocycles. The summed E-state index contributed by atoms with van der Waals surface area (Å²) in [6, 6.07) is 29.4. The van der Waals surface area contributed by atoms with Gasteiger partial charge in [-0.25, -0.2) is 0 Å². The van der Waals surface area contributed by atoms with Gasteiger partial charge in [-0.2, -0.15) is 0 Å². The second kappa shape index (κ2) is 9.33. The van der Waals surface area contributed by atoms with Crippen molar-refractivity contribution in [3.63, 3.8) is 0 Å². The standard InChI is InChI=1S/C26H29Cl2O2P/c1-4-20-26(27,25(29)30-21(2)3)31(28,22-14-8-5-9-15-22,23-16-10-6-11-17-23)24-18-12-7-13-19-24/h5-19,21H,4,20H2,1-3H3. The van der Waals surface area contributed by atoms with E-state index in [0.717, 1.165) is 15.9 Å². The Labute approximate surface area is 195 Å². The number of halogens is 2. The molecule has 0 aromatic heterocycles. The van der Waals surface area contributed by atoms with Gasteiger partial charge in [0, 0.05) is 0 Å². The molecule has 3 aromatic carbocycles. The van der Waals surface area contributed by atoms with Gasteiger partial charge in [-0.1, -0.05) is 0 Å². The summed E-state index contributed by atoms with van der Waals surface area (Å²) in [6.45, 7) is 5.68. The van der Waals surface area contributed by atoms with Crippen LogP contribution in [0.25, 0.3) is 0 Å². The van der Waals surface area contributed by atoms with E-state index < -0.39 is 16.5 Å². The van der Waals surface area contributed by atoms with E-state index in [1.54, 1.807) is 0 Å². The van der Waals surface area contributed by atoms with Crippen LogP contribution in [0.15, 0.2) is 91.0 Å². The number of carbonyl (C=O) groups is 1. The Balaban J connectivity index is 2.56. The van der Waals surface area contributed by atoms with Gasteiger partial charge in [-0.3, -0.25) is 0 Å². The molecule has 1 unspecified atom stereocenters. The summed E-state index contributed by atoms with van der Waals surface area (Å²) >= 11 is 15.7. The SMILES string of the molecule is CCCC(Cl)(C(=O)OC(C)C)P(Cl)(c1ccccc1)(c1ccccc1)c1ccccc1. The van der Waals surface area contributed by atoms with Crippen molar-refractivity contribution >= 4 is 50.7 Å². The third-order valence-corrected chi connectivity index (χ3v) is 15.4. The van der Waals surface area contributed by atoms with E-state index in [1.165, 1.54) is 0 Å². The first-order chi connectivity index (χ1) is 14.8. The Morgan fingerprint density at radius 1 is 0.839 bits per heavy atom. The minimum absolute atomic E-state index is 0.310. The molecule has 3 rings (SSSR count). The van der Waals surface area contributed by atoms with Gasteiger partial charge in [0.1, 0.15) is 0 Å². The van der Waals surface area contributed by atoms with Gasteiger partial charge in [0.05, 0.1) is 0 Å². The molecule has 0 bridgehead atoms. The zero-order valence-electron chi connectivity index (χ0n) is 18.2. The molecule has 0 heterocycles. The second-order valence-electron chi connectivity index (χ2n) is 7.98. The van der Waals surface area contributed by atoms with Crippen molar-refractivity contribution in [2.75, 3.05) is 0 Å². The predicted octanol–water partition coefficient (Wildman–Crippen LogP) is 6.36. The molecule has 5 heteroatoms. The van der Waals surface area contributed by atoms with E-state index in [4.69, 9.17) is 27.6 Å². The minimum atomic E-state index is -4.10. The van der Waals surface area contributed by atoms with E-state index in [-0.39, 0.29) is 6.10 Å². The van der Waals surface area contributed by atoms with E-state index in [2.05, 4.69) is 0 Å². The van der Waals surface area contributed by atoms with Crippen LogP contribution in [-0.2, 0) is 9.53 Å². The fourth-order valence-electron chi connectivity index (χ4n) is 4.30. The third-order valence-electron chi connectivity index (χ3n) is 5.63. The van der Waals surface area contributed by atoms with E-state index in [0.29, 0.717) is 12.8 Å². The van der Waals surface area contributed by atoms with Crippen molar-refractivity contribution in [1.29, 1.82) is 0 Å². The number of esters is 1. The Hall–Kier alpha value is -1.86. The van der Waals surface area contributed by atoms with Crippen LogP contribution in [0.4, 0.5) is 0 Å². The fraction of sp³-hybridized carbons (Fsp3) is 0.269. The number of ether oxygens (including phenoxy) is 1. The molecular formula is C26H29Cl2O2P. The maximum atomic E-state index is 13.8. The van der Waals surface area contributed by atoms with E-state index >= 15 is 0 Å². The third kappa shape index (κ3) is 3.69. The fourth-order valence-corrected chi connectivity index (χ4v) is 12.2. The van der Waals surface area contributed by atoms with Gasteiger partial charge in [0.25, 0.3) is 0 Å². The summed E-state index contributed by atoms with van der Waals surface area (Å²) in [4.78, 5) is 13.8. The first-order valence-electron chi connectivity index (χ1n) is 10.6. The first kappa shape index (κ1) is 23.8. The number of rotatable bonds is 8. The molecule has 1 atom stereocenters. The molecule has 0 fully saturated rings. The summed E-state index contributed by atoms with van der Waals surface area (Å²) < 4.78 is 4.29. The summed E-state index contributed by atoms with van der Waals surface area (Å²) in [5.74, 6) is -4.57. The van der Waals surface area contributed by atoms with Crippen LogP contribution in [0.1, 0.15) is 33.6 Å². The quantitative estimate of drug-likeness (QED) is 0.215. The van der Waals surface area contributed by atoms with E-state index in [9.17, 15) is 4.79 Å². The number of hydrogen-bond acceptors (Lipinski definition) is 2. The van der Waals surface area contributed by atoms with Gasteiger partial charge in [0.2, 0.25) is 0 Å². The van der Waals surface area contributed by atoms with Gasteiger partial charge < -0.3 is 0 Å². The normalized spacial score (nSPS) is 15.0. The number of hydrogen-bond donors (Lipinski definition) is 0. The van der Waals surface area contributed by atoms with Gasteiger partial charge in [-0.15, -0.1) is 0 Å². The monoisotopic (exact) mass is 474 g/mol. The summed E-state index contributed by atoms with van der Waals surface area (Å²) in [6.07, 6.45) is 0.740. The molecule has 0 spiro atoms. The van der Waals surface area contributed by atoms with Crippen LogP contribution < -0.4 is 15.9 Å². The first-order valence-corrected chi connectivity index (χ1v) is 14.1. The van der Waals surface area contributed by atoms with Crippen LogP contribution in [0.5, 0.6) is 0 Å². The average molecular weight is 475 g/mol. The Morgan fingerprint density at radius 2 is 1.19 bits per heavy atom. The Morgan fingerprint density at radius 3 is 1.48 bits per heavy atom. The van der Waals surface area contributed by atoms with Crippen LogP contribution >= 0.6 is 28.8 Å². The molecule has 0 aliphatic carbocycles. The maximum absolute atomic E-state index is 13.8. The molecule has 0 radical (unpaired) electrons. The van der Waals surface area contributed by atoms with Crippen molar-refractivity contribution in [2.24, 2.45) is 0 Å². The molecule has 0 aliphatic rings.